The molecule has 0 amide bonds. The molecule has 112 valence electrons. The third kappa shape index (κ3) is 4.70. The third-order valence-electron chi connectivity index (χ3n) is 2.94. The molecule has 1 aromatic carbocycles. The maximum absolute atomic E-state index is 11.6. The predicted molar refractivity (Wildman–Crippen MR) is 79.7 cm³/mol. The Morgan fingerprint density at radius 3 is 2.62 bits per heavy atom. The molecule has 0 saturated heterocycles. The summed E-state index contributed by atoms with van der Waals surface area (Å²) in [6.07, 6.45) is 0. The van der Waals surface area contributed by atoms with Crippen LogP contribution in [0, 0.1) is 6.92 Å². The van der Waals surface area contributed by atoms with Crippen LogP contribution in [0.2, 0.25) is 0 Å². The Kier molecular flexibility index (Phi) is 5.48. The molecule has 0 spiro atoms. The molecule has 0 saturated carbocycles. The fourth-order valence-electron chi connectivity index (χ4n) is 1.84. The van der Waals surface area contributed by atoms with Gasteiger partial charge in [0.15, 0.2) is 0 Å². The Morgan fingerprint density at radius 1 is 1.19 bits per heavy atom. The van der Waals surface area contributed by atoms with E-state index in [1.807, 2.05) is 30.3 Å². The van der Waals surface area contributed by atoms with Crippen LogP contribution in [0.5, 0.6) is 0 Å². The minimum Gasteiger partial charge on any atom is -0.383 e. The first-order valence-corrected chi connectivity index (χ1v) is 6.70. The number of nitrogen functional groups attached to an aromatic ring is 1. The zero-order valence-electron chi connectivity index (χ0n) is 12.0. The second-order valence-corrected chi connectivity index (χ2v) is 4.61. The quantitative estimate of drug-likeness (QED) is 0.778. The van der Waals surface area contributed by atoms with E-state index in [1.165, 1.54) is 4.57 Å². The molecule has 21 heavy (non-hydrogen) atoms. The first-order valence-electron chi connectivity index (χ1n) is 6.70. The van der Waals surface area contributed by atoms with Gasteiger partial charge in [-0.05, 0) is 18.6 Å². The summed E-state index contributed by atoms with van der Waals surface area (Å²) in [4.78, 5) is 15.3. The van der Waals surface area contributed by atoms with E-state index in [0.29, 0.717) is 19.8 Å². The highest BCUT2D eigenvalue weighted by Gasteiger charge is 2.02. The zero-order chi connectivity index (χ0) is 15.1. The maximum atomic E-state index is 11.6. The van der Waals surface area contributed by atoms with Gasteiger partial charge in [-0.3, -0.25) is 4.57 Å². The van der Waals surface area contributed by atoms with Crippen LogP contribution in [0.4, 0.5) is 5.82 Å². The van der Waals surface area contributed by atoms with Gasteiger partial charge in [-0.1, -0.05) is 30.3 Å². The van der Waals surface area contributed by atoms with Gasteiger partial charge in [0.1, 0.15) is 12.5 Å². The van der Waals surface area contributed by atoms with E-state index in [2.05, 4.69) is 4.98 Å². The average Bonchev–Trinajstić information content (AvgIpc) is 2.45. The van der Waals surface area contributed by atoms with Gasteiger partial charge in [0.25, 0.3) is 0 Å². The highest BCUT2D eigenvalue weighted by atomic mass is 16.5. The molecule has 0 aliphatic heterocycles. The molecule has 2 aromatic rings. The summed E-state index contributed by atoms with van der Waals surface area (Å²) in [5.41, 5.74) is 6.93. The molecule has 6 heteroatoms. The summed E-state index contributed by atoms with van der Waals surface area (Å²) in [6, 6.07) is 11.6. The van der Waals surface area contributed by atoms with Crippen LogP contribution in [0.1, 0.15) is 11.3 Å². The van der Waals surface area contributed by atoms with Crippen LogP contribution in [-0.4, -0.2) is 22.8 Å². The lowest BCUT2D eigenvalue weighted by molar-refractivity contribution is 0.0115. The van der Waals surface area contributed by atoms with Crippen molar-refractivity contribution in [2.75, 3.05) is 18.9 Å². The summed E-state index contributed by atoms with van der Waals surface area (Å²) >= 11 is 0. The molecule has 0 aliphatic rings. The zero-order valence-corrected chi connectivity index (χ0v) is 12.0. The van der Waals surface area contributed by atoms with Gasteiger partial charge in [-0.15, -0.1) is 0 Å². The summed E-state index contributed by atoms with van der Waals surface area (Å²) < 4.78 is 12.3. The van der Waals surface area contributed by atoms with Gasteiger partial charge < -0.3 is 15.2 Å². The van der Waals surface area contributed by atoms with Gasteiger partial charge in [-0.2, -0.15) is 4.98 Å². The van der Waals surface area contributed by atoms with Gasteiger partial charge in [0.05, 0.1) is 19.8 Å². The number of nitrogens with two attached hydrogens (primary N) is 1. The Labute approximate surface area is 123 Å². The van der Waals surface area contributed by atoms with E-state index in [9.17, 15) is 4.79 Å². The number of rotatable bonds is 7. The third-order valence-corrected chi connectivity index (χ3v) is 2.94. The van der Waals surface area contributed by atoms with Crippen molar-refractivity contribution in [1.82, 2.24) is 9.55 Å². The monoisotopic (exact) mass is 289 g/mol. The van der Waals surface area contributed by atoms with E-state index >= 15 is 0 Å². The first-order chi connectivity index (χ1) is 10.2. The van der Waals surface area contributed by atoms with Crippen LogP contribution in [0.25, 0.3) is 0 Å². The minimum absolute atomic E-state index is 0.145. The second-order valence-electron chi connectivity index (χ2n) is 4.61. The molecule has 0 aliphatic carbocycles. The molecule has 1 heterocycles. The fraction of sp³-hybridized carbons (Fsp3) is 0.333. The van der Waals surface area contributed by atoms with E-state index < -0.39 is 5.69 Å². The molecule has 0 radical (unpaired) electrons. The average molecular weight is 289 g/mol. The number of aryl methyl sites for hydroxylation is 1. The number of hydrogen-bond acceptors (Lipinski definition) is 5. The molecule has 1 aromatic heterocycles. The Hall–Kier alpha value is -2.18. The van der Waals surface area contributed by atoms with Crippen LogP contribution in [-0.2, 0) is 22.8 Å². The number of anilines is 1. The number of ether oxygens (including phenoxy) is 2. The second kappa shape index (κ2) is 7.56. The van der Waals surface area contributed by atoms with Gasteiger partial charge in [0.2, 0.25) is 0 Å². The van der Waals surface area contributed by atoms with Crippen molar-refractivity contribution in [3.8, 4) is 0 Å². The van der Waals surface area contributed by atoms with Crippen molar-refractivity contribution in [1.29, 1.82) is 0 Å². The fourth-order valence-corrected chi connectivity index (χ4v) is 1.84. The predicted octanol–water partition coefficient (Wildman–Crippen LogP) is 1.32. The van der Waals surface area contributed by atoms with Crippen molar-refractivity contribution in [2.24, 2.45) is 0 Å². The lowest BCUT2D eigenvalue weighted by atomic mass is 10.2. The van der Waals surface area contributed by atoms with E-state index in [4.69, 9.17) is 15.2 Å². The van der Waals surface area contributed by atoms with Crippen LogP contribution < -0.4 is 11.4 Å². The lowest BCUT2D eigenvalue weighted by Crippen LogP contribution is -2.27. The molecular weight excluding hydrogens is 270 g/mol. The van der Waals surface area contributed by atoms with Crippen molar-refractivity contribution in [2.45, 2.75) is 20.3 Å². The van der Waals surface area contributed by atoms with Crippen LogP contribution in [0.15, 0.2) is 41.2 Å². The van der Waals surface area contributed by atoms with Gasteiger partial charge in [-0.25, -0.2) is 4.79 Å². The Balaban J connectivity index is 1.70. The number of benzene rings is 1. The van der Waals surface area contributed by atoms with Crippen LogP contribution in [0.3, 0.4) is 0 Å². The van der Waals surface area contributed by atoms with Crippen LogP contribution >= 0.6 is 0 Å². The smallest absolute Gasteiger partial charge is 0.351 e. The van der Waals surface area contributed by atoms with Crippen molar-refractivity contribution < 1.29 is 9.47 Å². The topological polar surface area (TPSA) is 79.4 Å². The van der Waals surface area contributed by atoms with E-state index in [-0.39, 0.29) is 12.5 Å². The maximum Gasteiger partial charge on any atom is 0.351 e. The molecular formula is C15H19N3O3. The molecule has 2 N–H and O–H groups in total. The molecule has 0 atom stereocenters. The highest BCUT2D eigenvalue weighted by molar-refractivity contribution is 5.27. The van der Waals surface area contributed by atoms with Gasteiger partial charge in [0, 0.05) is 5.69 Å². The van der Waals surface area contributed by atoms with E-state index in [0.717, 1.165) is 11.3 Å². The number of hydrogen-bond donors (Lipinski definition) is 1. The largest absolute Gasteiger partial charge is 0.383 e. The summed E-state index contributed by atoms with van der Waals surface area (Å²) in [6.45, 7) is 3.35. The summed E-state index contributed by atoms with van der Waals surface area (Å²) in [5, 5.41) is 0. The molecule has 0 bridgehead atoms. The van der Waals surface area contributed by atoms with Crippen molar-refractivity contribution in [3.05, 3.63) is 58.1 Å². The Bertz CT molecular complexity index is 626. The standard InChI is InChI=1S/C15H19N3O3/c1-12-9-14(16)17-15(19)18(12)11-21-8-7-20-10-13-5-3-2-4-6-13/h2-6,9H,7-8,10-11H2,1H3,(H2,16,17,19). The number of aromatic nitrogens is 2. The molecule has 0 unspecified atom stereocenters. The SMILES string of the molecule is Cc1cc(N)nc(=O)n1COCCOCc1ccccc1. The van der Waals surface area contributed by atoms with Crippen molar-refractivity contribution in [3.63, 3.8) is 0 Å². The molecule has 6 nitrogen and oxygen atoms in total. The Morgan fingerprint density at radius 2 is 1.90 bits per heavy atom. The molecule has 0 fully saturated rings. The summed E-state index contributed by atoms with van der Waals surface area (Å²) in [5.74, 6) is 0.222. The van der Waals surface area contributed by atoms with Crippen molar-refractivity contribution >= 4 is 5.82 Å². The molecule has 2 rings (SSSR count). The normalized spacial score (nSPS) is 10.7. The summed E-state index contributed by atoms with van der Waals surface area (Å²) in [7, 11) is 0. The minimum atomic E-state index is -0.405. The van der Waals surface area contributed by atoms with Gasteiger partial charge >= 0.3 is 5.69 Å². The van der Waals surface area contributed by atoms with E-state index in [1.54, 1.807) is 13.0 Å². The first kappa shape index (κ1) is 15.2. The lowest BCUT2D eigenvalue weighted by Gasteiger charge is -2.10. The number of nitrogens with zero attached hydrogens (tertiary/aromatic N) is 2. The highest BCUT2D eigenvalue weighted by Crippen LogP contribution is 2.01.